The maximum atomic E-state index is 12.8. The first kappa shape index (κ1) is 20.4. The standard InChI is InChI=1S/C25H22N2O4/c28-24(23-12-5-13-27(25(23)29)16-19-7-2-1-3-8-19)26-21-10-4-9-20(15-21)17-30-18-22-11-6-14-31-22/h1-15H,16-18H2,(H,26,28). The molecule has 2 aromatic carbocycles. The molecule has 0 unspecified atom stereocenters. The van der Waals surface area contributed by atoms with Crippen molar-refractivity contribution in [2.45, 2.75) is 19.8 Å². The predicted molar refractivity (Wildman–Crippen MR) is 118 cm³/mol. The van der Waals surface area contributed by atoms with E-state index >= 15 is 0 Å². The Balaban J connectivity index is 1.42. The second-order valence-corrected chi connectivity index (χ2v) is 7.07. The minimum absolute atomic E-state index is 0.0953. The Kier molecular flexibility index (Phi) is 6.40. The van der Waals surface area contributed by atoms with Crippen molar-refractivity contribution in [2.75, 3.05) is 5.32 Å². The Hall–Kier alpha value is -3.90. The number of pyridine rings is 1. The molecule has 156 valence electrons. The number of carbonyl (C=O) groups is 1. The van der Waals surface area contributed by atoms with Crippen LogP contribution < -0.4 is 10.9 Å². The molecule has 31 heavy (non-hydrogen) atoms. The Morgan fingerprint density at radius 1 is 0.903 bits per heavy atom. The van der Waals surface area contributed by atoms with E-state index in [1.54, 1.807) is 24.6 Å². The summed E-state index contributed by atoms with van der Waals surface area (Å²) in [4.78, 5) is 25.6. The zero-order valence-corrected chi connectivity index (χ0v) is 16.9. The average molecular weight is 414 g/mol. The third-order valence-corrected chi connectivity index (χ3v) is 4.74. The number of hydrogen-bond acceptors (Lipinski definition) is 4. The van der Waals surface area contributed by atoms with Crippen LogP contribution in [-0.2, 0) is 24.5 Å². The molecule has 0 atom stereocenters. The molecular weight excluding hydrogens is 392 g/mol. The van der Waals surface area contributed by atoms with Gasteiger partial charge < -0.3 is 19.0 Å². The van der Waals surface area contributed by atoms with Crippen molar-refractivity contribution in [1.82, 2.24) is 4.57 Å². The minimum atomic E-state index is -0.443. The largest absolute Gasteiger partial charge is 0.467 e. The quantitative estimate of drug-likeness (QED) is 0.462. The van der Waals surface area contributed by atoms with E-state index in [4.69, 9.17) is 9.15 Å². The van der Waals surface area contributed by atoms with Gasteiger partial charge in [-0.2, -0.15) is 0 Å². The fourth-order valence-electron chi connectivity index (χ4n) is 3.22. The Bertz CT molecular complexity index is 1200. The number of aromatic nitrogens is 1. The van der Waals surface area contributed by atoms with E-state index in [0.29, 0.717) is 25.4 Å². The van der Waals surface area contributed by atoms with Crippen LogP contribution in [0.1, 0.15) is 27.2 Å². The van der Waals surface area contributed by atoms with Gasteiger partial charge in [0.2, 0.25) is 0 Å². The molecule has 0 aliphatic rings. The smallest absolute Gasteiger partial charge is 0.263 e. The highest BCUT2D eigenvalue weighted by Crippen LogP contribution is 2.14. The fourth-order valence-corrected chi connectivity index (χ4v) is 3.22. The number of carbonyl (C=O) groups excluding carboxylic acids is 1. The lowest BCUT2D eigenvalue weighted by Crippen LogP contribution is -2.29. The zero-order chi connectivity index (χ0) is 21.5. The van der Waals surface area contributed by atoms with E-state index in [0.717, 1.165) is 16.9 Å². The molecule has 0 spiro atoms. The number of rotatable bonds is 8. The molecule has 0 bridgehead atoms. The van der Waals surface area contributed by atoms with Gasteiger partial charge in [0.1, 0.15) is 17.9 Å². The van der Waals surface area contributed by atoms with Crippen LogP contribution in [0.25, 0.3) is 0 Å². The van der Waals surface area contributed by atoms with Crippen molar-refractivity contribution in [2.24, 2.45) is 0 Å². The lowest BCUT2D eigenvalue weighted by Gasteiger charge is -2.10. The summed E-state index contributed by atoms with van der Waals surface area (Å²) in [5.74, 6) is 0.307. The van der Waals surface area contributed by atoms with Gasteiger partial charge in [0.05, 0.1) is 19.4 Å². The van der Waals surface area contributed by atoms with Crippen LogP contribution in [0.5, 0.6) is 0 Å². The summed E-state index contributed by atoms with van der Waals surface area (Å²) >= 11 is 0. The molecule has 4 rings (SSSR count). The number of amides is 1. The molecule has 0 aliphatic carbocycles. The fraction of sp³-hybridized carbons (Fsp3) is 0.120. The van der Waals surface area contributed by atoms with E-state index in [-0.39, 0.29) is 11.1 Å². The van der Waals surface area contributed by atoms with E-state index < -0.39 is 5.91 Å². The highest BCUT2D eigenvalue weighted by molar-refractivity contribution is 6.04. The molecule has 0 saturated heterocycles. The van der Waals surface area contributed by atoms with Crippen molar-refractivity contribution >= 4 is 11.6 Å². The van der Waals surface area contributed by atoms with Crippen LogP contribution in [0, 0.1) is 0 Å². The molecule has 0 aliphatic heterocycles. The van der Waals surface area contributed by atoms with Gasteiger partial charge in [0.15, 0.2) is 0 Å². The van der Waals surface area contributed by atoms with Crippen LogP contribution in [0.2, 0.25) is 0 Å². The van der Waals surface area contributed by atoms with Crippen LogP contribution in [0.4, 0.5) is 5.69 Å². The van der Waals surface area contributed by atoms with Gasteiger partial charge in [-0.3, -0.25) is 9.59 Å². The number of furan rings is 1. The first-order chi connectivity index (χ1) is 15.2. The van der Waals surface area contributed by atoms with Crippen molar-refractivity contribution < 1.29 is 13.9 Å². The second-order valence-electron chi connectivity index (χ2n) is 7.07. The molecule has 0 saturated carbocycles. The Labute approximate surface area is 179 Å². The third kappa shape index (κ3) is 5.38. The molecule has 2 aromatic heterocycles. The maximum Gasteiger partial charge on any atom is 0.263 e. The molecule has 1 N–H and O–H groups in total. The molecule has 0 fully saturated rings. The van der Waals surface area contributed by atoms with Crippen LogP contribution in [0.3, 0.4) is 0 Å². The van der Waals surface area contributed by atoms with Gasteiger partial charge in [0.25, 0.3) is 11.5 Å². The molecule has 0 radical (unpaired) electrons. The number of nitrogens with zero attached hydrogens (tertiary/aromatic N) is 1. The summed E-state index contributed by atoms with van der Waals surface area (Å²) in [6.07, 6.45) is 3.29. The molecule has 6 nitrogen and oxygen atoms in total. The first-order valence-corrected chi connectivity index (χ1v) is 9.93. The van der Waals surface area contributed by atoms with Gasteiger partial charge in [-0.1, -0.05) is 42.5 Å². The number of ether oxygens (including phenoxy) is 1. The van der Waals surface area contributed by atoms with Crippen LogP contribution in [0.15, 0.2) is 101 Å². The van der Waals surface area contributed by atoms with Crippen molar-refractivity contribution in [3.63, 3.8) is 0 Å². The SMILES string of the molecule is O=C(Nc1cccc(COCc2ccco2)c1)c1cccn(Cc2ccccc2)c1=O. The molecule has 2 heterocycles. The summed E-state index contributed by atoms with van der Waals surface area (Å²) in [6, 6.07) is 23.9. The highest BCUT2D eigenvalue weighted by atomic mass is 16.5. The summed E-state index contributed by atoms with van der Waals surface area (Å²) in [6.45, 7) is 1.15. The van der Waals surface area contributed by atoms with E-state index in [1.807, 2.05) is 60.7 Å². The zero-order valence-electron chi connectivity index (χ0n) is 16.9. The highest BCUT2D eigenvalue weighted by Gasteiger charge is 2.13. The minimum Gasteiger partial charge on any atom is -0.467 e. The first-order valence-electron chi connectivity index (χ1n) is 9.93. The molecule has 4 aromatic rings. The number of anilines is 1. The van der Waals surface area contributed by atoms with Gasteiger partial charge in [-0.05, 0) is 47.5 Å². The molecule has 6 heteroatoms. The Morgan fingerprint density at radius 3 is 2.55 bits per heavy atom. The monoisotopic (exact) mass is 414 g/mol. The normalized spacial score (nSPS) is 10.7. The van der Waals surface area contributed by atoms with E-state index in [1.165, 1.54) is 10.6 Å². The predicted octanol–water partition coefficient (Wildman–Crippen LogP) is 4.46. The van der Waals surface area contributed by atoms with Gasteiger partial charge in [-0.25, -0.2) is 0 Å². The van der Waals surface area contributed by atoms with Gasteiger partial charge in [0, 0.05) is 11.9 Å². The summed E-state index contributed by atoms with van der Waals surface area (Å²) in [5, 5.41) is 2.81. The lowest BCUT2D eigenvalue weighted by atomic mass is 10.2. The van der Waals surface area contributed by atoms with E-state index in [2.05, 4.69) is 5.32 Å². The molecular formula is C25H22N2O4. The Morgan fingerprint density at radius 2 is 1.74 bits per heavy atom. The average Bonchev–Trinajstić information content (AvgIpc) is 3.30. The number of benzene rings is 2. The number of nitrogens with one attached hydrogen (secondary N) is 1. The van der Waals surface area contributed by atoms with Gasteiger partial charge in [-0.15, -0.1) is 0 Å². The summed E-state index contributed by atoms with van der Waals surface area (Å²) in [5.41, 5.74) is 2.25. The van der Waals surface area contributed by atoms with Crippen LogP contribution in [-0.4, -0.2) is 10.5 Å². The van der Waals surface area contributed by atoms with Crippen molar-refractivity contribution in [3.05, 3.63) is 124 Å². The van der Waals surface area contributed by atoms with Gasteiger partial charge >= 0.3 is 0 Å². The maximum absolute atomic E-state index is 12.8. The summed E-state index contributed by atoms with van der Waals surface area (Å²) in [7, 11) is 0. The lowest BCUT2D eigenvalue weighted by molar-refractivity contribution is 0.0929. The topological polar surface area (TPSA) is 73.5 Å². The van der Waals surface area contributed by atoms with E-state index in [9.17, 15) is 9.59 Å². The third-order valence-electron chi connectivity index (χ3n) is 4.74. The number of hydrogen-bond donors (Lipinski definition) is 1. The molecule has 1 amide bonds. The van der Waals surface area contributed by atoms with Crippen molar-refractivity contribution in [3.8, 4) is 0 Å². The second kappa shape index (κ2) is 9.73. The van der Waals surface area contributed by atoms with Crippen molar-refractivity contribution in [1.29, 1.82) is 0 Å². The summed E-state index contributed by atoms with van der Waals surface area (Å²) < 4.78 is 12.4. The van der Waals surface area contributed by atoms with Crippen LogP contribution >= 0.6 is 0 Å².